The summed E-state index contributed by atoms with van der Waals surface area (Å²) in [6, 6.07) is 3.47. The fraction of sp³-hybridized carbons (Fsp3) is 0.348. The third kappa shape index (κ3) is 8.30. The number of rotatable bonds is 9. The lowest BCUT2D eigenvalue weighted by molar-refractivity contribution is -0.143. The number of carbonyl (C=O) groups is 3. The van der Waals surface area contributed by atoms with Crippen molar-refractivity contribution < 1.29 is 29.3 Å². The maximum absolute atomic E-state index is 12.7. The molecule has 1 aliphatic rings. The number of aliphatic imine (C=N–C) groups is 1. The zero-order chi connectivity index (χ0) is 26.9. The highest BCUT2D eigenvalue weighted by Gasteiger charge is 2.24. The van der Waals surface area contributed by atoms with Crippen molar-refractivity contribution in [2.45, 2.75) is 25.5 Å². The van der Waals surface area contributed by atoms with Gasteiger partial charge in [-0.1, -0.05) is 11.6 Å². The Morgan fingerprint density at radius 3 is 2.78 bits per heavy atom. The van der Waals surface area contributed by atoms with Crippen molar-refractivity contribution in [1.82, 2.24) is 20.9 Å². The number of ether oxygens (including phenoxy) is 1. The van der Waals surface area contributed by atoms with Crippen molar-refractivity contribution in [2.75, 3.05) is 31.6 Å². The highest BCUT2D eigenvalue weighted by atomic mass is 79.9. The average Bonchev–Trinajstić information content (AvgIpc) is 2.86. The number of esters is 1. The lowest BCUT2D eigenvalue weighted by atomic mass is 10.0. The van der Waals surface area contributed by atoms with Gasteiger partial charge in [-0.2, -0.15) is 0 Å². The van der Waals surface area contributed by atoms with Gasteiger partial charge in [0.25, 0.3) is 5.91 Å². The summed E-state index contributed by atoms with van der Waals surface area (Å²) < 4.78 is 5.27. The number of hydrogen-bond acceptors (Lipinski definition) is 10. The van der Waals surface area contributed by atoms with E-state index in [-0.39, 0.29) is 45.9 Å². The normalized spacial score (nSPS) is 15.6. The first-order valence-electron chi connectivity index (χ1n) is 11.3. The molecule has 0 radical (unpaired) electrons. The number of β-amino-alcohol motifs (C(OH)–C–C–N with tert-alkyl or cyclic N) is 1. The smallest absolute Gasteiger partial charge is 0.308 e. The summed E-state index contributed by atoms with van der Waals surface area (Å²) in [4.78, 5) is 45.6. The van der Waals surface area contributed by atoms with Crippen LogP contribution >= 0.6 is 27.5 Å². The highest BCUT2D eigenvalue weighted by molar-refractivity contribution is 9.10. The number of aromatic hydroxyl groups is 1. The molecule has 6 N–H and O–H groups in total. The molecule has 1 aliphatic heterocycles. The molecule has 0 bridgehead atoms. The molecule has 1 aromatic carbocycles. The van der Waals surface area contributed by atoms with Gasteiger partial charge in [0.2, 0.25) is 5.91 Å². The maximum Gasteiger partial charge on any atom is 0.308 e. The van der Waals surface area contributed by atoms with Gasteiger partial charge in [0.05, 0.1) is 60.2 Å². The molecule has 2 unspecified atom stereocenters. The molecule has 2 heterocycles. The summed E-state index contributed by atoms with van der Waals surface area (Å²) >= 11 is 9.28. The summed E-state index contributed by atoms with van der Waals surface area (Å²) in [7, 11) is 0. The Morgan fingerprint density at radius 2 is 2.08 bits per heavy atom. The second-order valence-electron chi connectivity index (χ2n) is 7.95. The molecule has 0 spiro atoms. The number of phenolic OH excluding ortho intramolecular Hbond substituents is 1. The summed E-state index contributed by atoms with van der Waals surface area (Å²) in [6.45, 7) is 1.98. The fourth-order valence-electron chi connectivity index (χ4n) is 3.37. The van der Waals surface area contributed by atoms with E-state index < -0.39 is 36.5 Å². The van der Waals surface area contributed by atoms with Gasteiger partial charge in [-0.15, -0.1) is 0 Å². The highest BCUT2D eigenvalue weighted by Crippen LogP contribution is 2.36. The number of anilines is 1. The summed E-state index contributed by atoms with van der Waals surface area (Å²) in [5.74, 6) is -1.51. The number of pyridine rings is 1. The minimum absolute atomic E-state index is 0.147. The number of aromatic nitrogens is 1. The molecule has 0 aliphatic carbocycles. The summed E-state index contributed by atoms with van der Waals surface area (Å²) in [5.41, 5.74) is 0.881. The largest absolute Gasteiger partial charge is 0.506 e. The number of amides is 2. The molecule has 0 saturated carbocycles. The van der Waals surface area contributed by atoms with Crippen LogP contribution in [-0.2, 0) is 14.3 Å². The monoisotopic (exact) mass is 596 g/mol. The van der Waals surface area contributed by atoms with E-state index in [1.54, 1.807) is 6.92 Å². The zero-order valence-electron chi connectivity index (χ0n) is 19.8. The lowest BCUT2D eigenvalue weighted by Crippen LogP contribution is -2.42. The second-order valence-corrected chi connectivity index (χ2v) is 9.24. The number of aliphatic hydroxyl groups excluding tert-OH is 1. The van der Waals surface area contributed by atoms with Crippen LogP contribution in [0.2, 0.25) is 5.02 Å². The number of benzene rings is 1. The van der Waals surface area contributed by atoms with Crippen molar-refractivity contribution in [3.63, 3.8) is 0 Å². The molecule has 2 amide bonds. The van der Waals surface area contributed by atoms with Crippen molar-refractivity contribution >= 4 is 57.0 Å². The minimum atomic E-state index is -0.963. The Labute approximate surface area is 226 Å². The average molecular weight is 598 g/mol. The van der Waals surface area contributed by atoms with Crippen LogP contribution in [-0.4, -0.2) is 71.3 Å². The van der Waals surface area contributed by atoms with Crippen molar-refractivity contribution in [1.29, 1.82) is 0 Å². The zero-order valence-corrected chi connectivity index (χ0v) is 22.1. The first-order chi connectivity index (χ1) is 17.7. The van der Waals surface area contributed by atoms with Gasteiger partial charge < -0.3 is 36.2 Å². The first-order valence-corrected chi connectivity index (χ1v) is 12.4. The quantitative estimate of drug-likeness (QED) is 0.234. The van der Waals surface area contributed by atoms with Crippen molar-refractivity contribution in [2.24, 2.45) is 4.99 Å². The van der Waals surface area contributed by atoms with Gasteiger partial charge in [0.1, 0.15) is 5.75 Å². The van der Waals surface area contributed by atoms with Crippen LogP contribution in [0.25, 0.3) is 0 Å². The molecule has 14 heteroatoms. The third-order valence-corrected chi connectivity index (χ3v) is 5.91. The van der Waals surface area contributed by atoms with Crippen LogP contribution in [0.15, 0.2) is 40.1 Å². The van der Waals surface area contributed by atoms with Crippen molar-refractivity contribution in [3.8, 4) is 5.75 Å². The van der Waals surface area contributed by atoms with Crippen molar-refractivity contribution in [3.05, 3.63) is 51.2 Å². The van der Waals surface area contributed by atoms with Gasteiger partial charge in [-0.3, -0.25) is 24.4 Å². The van der Waals surface area contributed by atoms with E-state index in [9.17, 15) is 24.6 Å². The SMILES string of the molecule is CCOC(=O)CC(NC(=O)CNC(=O)c1cncc(NC2=NCC(O)CN2)c1)c1cc(Cl)cc(Br)c1O. The van der Waals surface area contributed by atoms with E-state index >= 15 is 0 Å². The Balaban J connectivity index is 1.64. The van der Waals surface area contributed by atoms with E-state index in [1.165, 1.54) is 30.6 Å². The second kappa shape index (κ2) is 13.2. The van der Waals surface area contributed by atoms with Gasteiger partial charge in [0, 0.05) is 23.3 Å². The molecule has 0 fully saturated rings. The summed E-state index contributed by atoms with van der Waals surface area (Å²) in [5, 5.41) is 31.2. The number of halogens is 2. The third-order valence-electron chi connectivity index (χ3n) is 5.08. The Kier molecular flexibility index (Phi) is 10.1. The van der Waals surface area contributed by atoms with Crippen LogP contribution in [0.5, 0.6) is 5.75 Å². The first kappa shape index (κ1) is 28.2. The van der Waals surface area contributed by atoms with E-state index in [4.69, 9.17) is 16.3 Å². The van der Waals surface area contributed by atoms with E-state index in [0.29, 0.717) is 18.2 Å². The van der Waals surface area contributed by atoms with E-state index in [1.807, 2.05) is 0 Å². The summed E-state index contributed by atoms with van der Waals surface area (Å²) in [6.07, 6.45) is 2.01. The number of aliphatic hydroxyl groups is 1. The maximum atomic E-state index is 12.7. The standard InChI is InChI=1S/C23H26BrClN6O6/c1-2-37-20(34)6-18(16-4-13(25)5-17(24)21(16)35)31-19(33)11-27-22(36)12-3-14(8-26-7-12)30-23-28-9-15(32)10-29-23/h3-5,7-8,15,18,32,35H,2,6,9-11H2,1H3,(H,27,36)(H,31,33)(H2,28,29,30). The van der Waals surface area contributed by atoms with Gasteiger partial charge >= 0.3 is 5.97 Å². The topological polar surface area (TPSA) is 174 Å². The number of carbonyl (C=O) groups excluding carboxylic acids is 3. The molecule has 1 aromatic heterocycles. The van der Waals surface area contributed by atoms with Crippen LogP contribution in [0.4, 0.5) is 5.69 Å². The molecular weight excluding hydrogens is 572 g/mol. The minimum Gasteiger partial charge on any atom is -0.506 e. The molecule has 37 heavy (non-hydrogen) atoms. The number of phenols is 1. The fourth-order valence-corrected chi connectivity index (χ4v) is 4.20. The lowest BCUT2D eigenvalue weighted by Gasteiger charge is -2.21. The van der Waals surface area contributed by atoms with E-state index in [2.05, 4.69) is 47.2 Å². The van der Waals surface area contributed by atoms with Crippen LogP contribution in [0.1, 0.15) is 35.3 Å². The predicted molar refractivity (Wildman–Crippen MR) is 139 cm³/mol. The Bertz CT molecular complexity index is 1200. The van der Waals surface area contributed by atoms with Crippen LogP contribution in [0.3, 0.4) is 0 Å². The molecule has 2 atom stereocenters. The predicted octanol–water partition coefficient (Wildman–Crippen LogP) is 1.48. The van der Waals surface area contributed by atoms with Gasteiger partial charge in [-0.05, 0) is 41.1 Å². The number of guanidine groups is 1. The Hall–Kier alpha value is -3.42. The molecule has 198 valence electrons. The number of hydrogen-bond donors (Lipinski definition) is 6. The van der Waals surface area contributed by atoms with E-state index in [0.717, 1.165) is 0 Å². The van der Waals surface area contributed by atoms with Gasteiger partial charge in [0.15, 0.2) is 5.96 Å². The van der Waals surface area contributed by atoms with Crippen LogP contribution in [0, 0.1) is 0 Å². The molecule has 12 nitrogen and oxygen atoms in total. The van der Waals surface area contributed by atoms with Crippen LogP contribution < -0.4 is 21.3 Å². The number of nitrogens with one attached hydrogen (secondary N) is 4. The Morgan fingerprint density at radius 1 is 1.30 bits per heavy atom. The molecular formula is C23H26BrClN6O6. The molecule has 3 rings (SSSR count). The molecule has 0 saturated heterocycles. The number of nitrogens with zero attached hydrogens (tertiary/aromatic N) is 2. The van der Waals surface area contributed by atoms with Gasteiger partial charge in [-0.25, -0.2) is 0 Å². The molecule has 2 aromatic rings.